The van der Waals surface area contributed by atoms with Crippen molar-refractivity contribution in [2.45, 2.75) is 60.4 Å². The maximum atomic E-state index is 12.7. The highest BCUT2D eigenvalue weighted by molar-refractivity contribution is 6.05. The first-order valence-corrected chi connectivity index (χ1v) is 7.76. The fourth-order valence-electron chi connectivity index (χ4n) is 3.44. The minimum Gasteiger partial charge on any atom is -0.278 e. The number of aryl methyl sites for hydroxylation is 3. The molecule has 0 aliphatic carbocycles. The van der Waals surface area contributed by atoms with Crippen LogP contribution in [0.1, 0.15) is 55.4 Å². The largest absolute Gasteiger partial charge is 0.278 e. The lowest BCUT2D eigenvalue weighted by Gasteiger charge is -2.24. The van der Waals surface area contributed by atoms with E-state index in [4.69, 9.17) is 0 Å². The maximum absolute atomic E-state index is 12.7. The zero-order valence-electron chi connectivity index (χ0n) is 13.7. The first-order chi connectivity index (χ1) is 9.84. The fraction of sp³-hybridized carbons (Fsp3) is 0.556. The van der Waals surface area contributed by atoms with Gasteiger partial charge in [-0.05, 0) is 50.3 Å². The lowest BCUT2D eigenvalue weighted by Crippen LogP contribution is -2.35. The van der Waals surface area contributed by atoms with Crippen LogP contribution in [-0.2, 0) is 16.1 Å². The summed E-state index contributed by atoms with van der Waals surface area (Å²) in [6, 6.07) is 4.22. The Kier molecular flexibility index (Phi) is 4.22. The molecule has 0 atom stereocenters. The van der Waals surface area contributed by atoms with Crippen molar-refractivity contribution >= 4 is 11.8 Å². The molecule has 2 rings (SSSR count). The molecule has 2 amide bonds. The molecule has 1 heterocycles. The lowest BCUT2D eigenvalue weighted by atomic mass is 9.81. The molecule has 1 aliphatic rings. The average molecular weight is 287 g/mol. The molecule has 0 unspecified atom stereocenters. The molecule has 1 aliphatic heterocycles. The second-order valence-corrected chi connectivity index (χ2v) is 6.33. The third-order valence-electron chi connectivity index (χ3n) is 5.00. The summed E-state index contributed by atoms with van der Waals surface area (Å²) in [6.45, 7) is 10.6. The Morgan fingerprint density at radius 1 is 1.05 bits per heavy atom. The van der Waals surface area contributed by atoms with Crippen LogP contribution in [0.3, 0.4) is 0 Å². The molecule has 1 aromatic rings. The van der Waals surface area contributed by atoms with Crippen molar-refractivity contribution < 1.29 is 9.59 Å². The van der Waals surface area contributed by atoms with Gasteiger partial charge in [0.25, 0.3) is 0 Å². The van der Waals surface area contributed by atoms with E-state index in [9.17, 15) is 9.59 Å². The third-order valence-corrected chi connectivity index (χ3v) is 5.00. The van der Waals surface area contributed by atoms with Crippen LogP contribution in [0.2, 0.25) is 0 Å². The van der Waals surface area contributed by atoms with Crippen molar-refractivity contribution in [3.8, 4) is 0 Å². The molecule has 21 heavy (non-hydrogen) atoms. The van der Waals surface area contributed by atoms with Crippen molar-refractivity contribution in [2.75, 3.05) is 0 Å². The Bertz CT molecular complexity index is 562. The van der Waals surface area contributed by atoms with Gasteiger partial charge in [0.05, 0.1) is 12.0 Å². The zero-order valence-corrected chi connectivity index (χ0v) is 13.7. The predicted octanol–water partition coefficient (Wildman–Crippen LogP) is 3.68. The fourth-order valence-corrected chi connectivity index (χ4v) is 3.44. The van der Waals surface area contributed by atoms with Crippen LogP contribution in [-0.4, -0.2) is 16.7 Å². The van der Waals surface area contributed by atoms with Gasteiger partial charge in [0.2, 0.25) is 11.8 Å². The summed E-state index contributed by atoms with van der Waals surface area (Å²) in [5.41, 5.74) is 4.15. The molecule has 0 spiro atoms. The number of hydrogen-bond acceptors (Lipinski definition) is 2. The number of hydrogen-bond donors (Lipinski definition) is 0. The maximum Gasteiger partial charge on any atom is 0.236 e. The van der Waals surface area contributed by atoms with Gasteiger partial charge in [-0.1, -0.05) is 31.5 Å². The highest BCUT2D eigenvalue weighted by Crippen LogP contribution is 2.40. The van der Waals surface area contributed by atoms with Gasteiger partial charge in [-0.2, -0.15) is 0 Å². The van der Waals surface area contributed by atoms with Gasteiger partial charge in [-0.15, -0.1) is 0 Å². The first-order valence-electron chi connectivity index (χ1n) is 7.76. The minimum absolute atomic E-state index is 0.0110. The number of carbonyl (C=O) groups excluding carboxylic acids is 2. The summed E-state index contributed by atoms with van der Waals surface area (Å²) >= 11 is 0. The molecule has 1 fully saturated rings. The molecule has 0 saturated carbocycles. The molecular weight excluding hydrogens is 262 g/mol. The molecule has 114 valence electrons. The molecule has 0 bridgehead atoms. The van der Waals surface area contributed by atoms with Crippen LogP contribution < -0.4 is 0 Å². The Morgan fingerprint density at radius 3 is 2.00 bits per heavy atom. The summed E-state index contributed by atoms with van der Waals surface area (Å²) in [4.78, 5) is 26.5. The van der Waals surface area contributed by atoms with E-state index >= 15 is 0 Å². The summed E-state index contributed by atoms with van der Waals surface area (Å²) in [5.74, 6) is -0.0139. The molecule has 3 nitrogen and oxygen atoms in total. The highest BCUT2D eigenvalue weighted by Gasteiger charge is 2.48. The number of carbonyl (C=O) groups is 2. The second kappa shape index (κ2) is 5.63. The monoisotopic (exact) mass is 287 g/mol. The van der Waals surface area contributed by atoms with Crippen LogP contribution in [0.15, 0.2) is 12.1 Å². The highest BCUT2D eigenvalue weighted by atomic mass is 16.2. The van der Waals surface area contributed by atoms with Gasteiger partial charge in [0.1, 0.15) is 0 Å². The van der Waals surface area contributed by atoms with Gasteiger partial charge in [-0.3, -0.25) is 14.5 Å². The minimum atomic E-state index is -0.469. The van der Waals surface area contributed by atoms with Crippen LogP contribution in [0.4, 0.5) is 0 Å². The quantitative estimate of drug-likeness (QED) is 0.792. The summed E-state index contributed by atoms with van der Waals surface area (Å²) in [6.07, 6.45) is 1.83. The average Bonchev–Trinajstić information content (AvgIpc) is 2.66. The van der Waals surface area contributed by atoms with E-state index in [1.807, 2.05) is 27.7 Å². The topological polar surface area (TPSA) is 37.4 Å². The molecule has 1 aromatic carbocycles. The molecular formula is C18H25NO2. The van der Waals surface area contributed by atoms with Gasteiger partial charge >= 0.3 is 0 Å². The van der Waals surface area contributed by atoms with E-state index < -0.39 is 5.41 Å². The van der Waals surface area contributed by atoms with Crippen LogP contribution in [0.25, 0.3) is 0 Å². The molecule has 0 radical (unpaired) electrons. The van der Waals surface area contributed by atoms with Crippen molar-refractivity contribution in [3.63, 3.8) is 0 Å². The molecule has 0 aromatic heterocycles. The van der Waals surface area contributed by atoms with E-state index in [2.05, 4.69) is 19.1 Å². The Balaban J connectivity index is 2.33. The summed E-state index contributed by atoms with van der Waals surface area (Å²) < 4.78 is 0. The zero-order chi connectivity index (χ0) is 15.8. The van der Waals surface area contributed by atoms with Crippen molar-refractivity contribution in [2.24, 2.45) is 5.41 Å². The third kappa shape index (κ3) is 2.61. The van der Waals surface area contributed by atoms with E-state index in [0.29, 0.717) is 13.0 Å². The predicted molar refractivity (Wildman–Crippen MR) is 83.8 cm³/mol. The lowest BCUT2D eigenvalue weighted by molar-refractivity contribution is -0.142. The van der Waals surface area contributed by atoms with Gasteiger partial charge in [0.15, 0.2) is 0 Å². The van der Waals surface area contributed by atoms with E-state index in [0.717, 1.165) is 29.5 Å². The Hall–Kier alpha value is -1.64. The number of nitrogens with zero attached hydrogens (tertiary/aromatic N) is 1. The van der Waals surface area contributed by atoms with E-state index in [1.54, 1.807) is 0 Å². The van der Waals surface area contributed by atoms with Crippen LogP contribution >= 0.6 is 0 Å². The number of amides is 2. The van der Waals surface area contributed by atoms with Crippen LogP contribution in [0.5, 0.6) is 0 Å². The van der Waals surface area contributed by atoms with Gasteiger partial charge < -0.3 is 0 Å². The Labute approximate surface area is 127 Å². The number of likely N-dealkylation sites (tertiary alicyclic amines) is 1. The molecule has 3 heteroatoms. The number of imide groups is 1. The number of benzene rings is 1. The summed E-state index contributed by atoms with van der Waals surface area (Å²) in [5, 5.41) is 0. The second-order valence-electron chi connectivity index (χ2n) is 6.33. The van der Waals surface area contributed by atoms with Crippen molar-refractivity contribution in [1.82, 2.24) is 4.90 Å². The normalized spacial score (nSPS) is 17.7. The van der Waals surface area contributed by atoms with Crippen molar-refractivity contribution in [3.05, 3.63) is 34.4 Å². The first kappa shape index (κ1) is 15.7. The van der Waals surface area contributed by atoms with Gasteiger partial charge in [-0.25, -0.2) is 0 Å². The Morgan fingerprint density at radius 2 is 1.57 bits per heavy atom. The smallest absolute Gasteiger partial charge is 0.236 e. The summed E-state index contributed by atoms with van der Waals surface area (Å²) in [7, 11) is 0. The number of rotatable bonds is 4. The van der Waals surface area contributed by atoms with Gasteiger partial charge in [0, 0.05) is 6.42 Å². The van der Waals surface area contributed by atoms with E-state index in [-0.39, 0.29) is 11.8 Å². The SMILES string of the molecule is CCC1(CC)CC(=O)N(Cc2c(C)cc(C)cc2C)C1=O. The molecule has 1 saturated heterocycles. The standard InChI is InChI=1S/C18H25NO2/c1-6-18(7-2)10-16(20)19(17(18)21)11-15-13(4)8-12(3)9-14(15)5/h8-9H,6-7,10-11H2,1-5H3. The van der Waals surface area contributed by atoms with Crippen LogP contribution in [0, 0.1) is 26.2 Å². The van der Waals surface area contributed by atoms with E-state index in [1.165, 1.54) is 10.5 Å². The molecule has 0 N–H and O–H groups in total. The van der Waals surface area contributed by atoms with Crippen molar-refractivity contribution in [1.29, 1.82) is 0 Å².